The van der Waals surface area contributed by atoms with Crippen molar-refractivity contribution in [2.24, 2.45) is 23.2 Å². The molecular weight excluding hydrogens is 188 g/mol. The third-order valence-corrected chi connectivity index (χ3v) is 4.72. The molecule has 3 unspecified atom stereocenters. The molecule has 3 saturated carbocycles. The number of carbonyl (C=O) groups is 1. The lowest BCUT2D eigenvalue weighted by Gasteiger charge is -2.60. The summed E-state index contributed by atoms with van der Waals surface area (Å²) in [7, 11) is 0. The summed E-state index contributed by atoms with van der Waals surface area (Å²) >= 11 is 0. The Kier molecular flexibility index (Phi) is 2.40. The van der Waals surface area contributed by atoms with Gasteiger partial charge in [0.2, 0.25) is 0 Å². The Bertz CT molecular complexity index is 304. The first-order chi connectivity index (χ1) is 6.93. The number of fused-ring (bicyclic) bond motifs is 2. The van der Waals surface area contributed by atoms with Gasteiger partial charge in [-0.3, -0.25) is 4.79 Å². The zero-order valence-electron chi connectivity index (χ0n) is 9.62. The molecule has 15 heavy (non-hydrogen) atoms. The second kappa shape index (κ2) is 3.36. The zero-order valence-corrected chi connectivity index (χ0v) is 9.62. The van der Waals surface area contributed by atoms with Crippen LogP contribution < -0.4 is 0 Å². The number of rotatable bonds is 3. The third kappa shape index (κ3) is 1.60. The highest BCUT2D eigenvalue weighted by Crippen LogP contribution is 2.63. The van der Waals surface area contributed by atoms with Crippen molar-refractivity contribution >= 4 is 5.97 Å². The summed E-state index contributed by atoms with van der Waals surface area (Å²) in [4.78, 5) is 10.5. The molecule has 0 radical (unpaired) electrons. The summed E-state index contributed by atoms with van der Waals surface area (Å²) in [6.45, 7) is 8.84. The topological polar surface area (TPSA) is 37.3 Å². The fraction of sp³-hybridized carbons (Fsp3) is 0.769. The average Bonchev–Trinajstić information content (AvgIpc) is 2.15. The highest BCUT2D eigenvalue weighted by atomic mass is 16.4. The van der Waals surface area contributed by atoms with Gasteiger partial charge in [-0.05, 0) is 42.4 Å². The van der Waals surface area contributed by atoms with E-state index in [2.05, 4.69) is 20.4 Å². The summed E-state index contributed by atoms with van der Waals surface area (Å²) in [5.41, 5.74) is 1.75. The van der Waals surface area contributed by atoms with Gasteiger partial charge in [0.05, 0.1) is 0 Å². The van der Waals surface area contributed by atoms with E-state index in [-0.39, 0.29) is 0 Å². The van der Waals surface area contributed by atoms with Gasteiger partial charge < -0.3 is 5.11 Å². The van der Waals surface area contributed by atoms with Crippen LogP contribution in [0.25, 0.3) is 0 Å². The van der Waals surface area contributed by atoms with Gasteiger partial charge in [0.15, 0.2) is 0 Å². The predicted molar refractivity (Wildman–Crippen MR) is 59.5 cm³/mol. The van der Waals surface area contributed by atoms with E-state index in [1.807, 2.05) is 0 Å². The highest BCUT2D eigenvalue weighted by Gasteiger charge is 2.54. The molecular formula is C13H20O2. The number of hydrogen-bond acceptors (Lipinski definition) is 1. The first kappa shape index (κ1) is 10.7. The lowest BCUT2D eigenvalue weighted by molar-refractivity contribution is -0.137. The van der Waals surface area contributed by atoms with Gasteiger partial charge in [0, 0.05) is 6.42 Å². The molecule has 3 aliphatic rings. The van der Waals surface area contributed by atoms with Gasteiger partial charge >= 0.3 is 5.97 Å². The molecule has 3 atom stereocenters. The summed E-state index contributed by atoms with van der Waals surface area (Å²) in [5.74, 6) is 1.24. The summed E-state index contributed by atoms with van der Waals surface area (Å²) in [5, 5.41) is 8.68. The Hall–Kier alpha value is -0.790. The van der Waals surface area contributed by atoms with Crippen LogP contribution in [0.1, 0.15) is 39.5 Å². The molecule has 2 heteroatoms. The summed E-state index contributed by atoms with van der Waals surface area (Å²) in [6, 6.07) is 0. The molecule has 3 fully saturated rings. The van der Waals surface area contributed by atoms with Gasteiger partial charge in [-0.15, -0.1) is 0 Å². The van der Waals surface area contributed by atoms with Crippen LogP contribution in [0.3, 0.4) is 0 Å². The molecule has 3 aliphatic carbocycles. The van der Waals surface area contributed by atoms with Crippen LogP contribution in [-0.2, 0) is 4.79 Å². The average molecular weight is 208 g/mol. The van der Waals surface area contributed by atoms with Crippen molar-refractivity contribution in [1.29, 1.82) is 0 Å². The molecule has 0 spiro atoms. The quantitative estimate of drug-likeness (QED) is 0.724. The van der Waals surface area contributed by atoms with Crippen LogP contribution in [-0.4, -0.2) is 11.1 Å². The molecule has 3 rings (SSSR count). The second-order valence-corrected chi connectivity index (χ2v) is 5.75. The van der Waals surface area contributed by atoms with E-state index in [4.69, 9.17) is 5.11 Å². The Morgan fingerprint density at radius 1 is 1.53 bits per heavy atom. The van der Waals surface area contributed by atoms with Crippen molar-refractivity contribution in [2.45, 2.75) is 39.5 Å². The predicted octanol–water partition coefficient (Wildman–Crippen LogP) is 3.09. The lowest BCUT2D eigenvalue weighted by Crippen LogP contribution is -2.51. The monoisotopic (exact) mass is 208 g/mol. The van der Waals surface area contributed by atoms with Crippen molar-refractivity contribution in [3.8, 4) is 0 Å². The summed E-state index contributed by atoms with van der Waals surface area (Å²) < 4.78 is 0. The second-order valence-electron chi connectivity index (χ2n) is 5.75. The molecule has 1 N–H and O–H groups in total. The summed E-state index contributed by atoms with van der Waals surface area (Å²) in [6.07, 6.45) is 3.53. The molecule has 0 amide bonds. The normalized spacial score (nSPS) is 37.2. The van der Waals surface area contributed by atoms with Crippen molar-refractivity contribution in [3.05, 3.63) is 12.2 Å². The maximum absolute atomic E-state index is 10.5. The third-order valence-electron chi connectivity index (χ3n) is 4.72. The number of carboxylic acid groups (broad SMARTS) is 1. The van der Waals surface area contributed by atoms with E-state index in [9.17, 15) is 4.79 Å². The van der Waals surface area contributed by atoms with E-state index in [0.717, 1.165) is 18.8 Å². The first-order valence-corrected chi connectivity index (χ1v) is 5.83. The Morgan fingerprint density at radius 2 is 2.20 bits per heavy atom. The maximum Gasteiger partial charge on any atom is 0.303 e. The van der Waals surface area contributed by atoms with E-state index < -0.39 is 5.97 Å². The van der Waals surface area contributed by atoms with Gasteiger partial charge in [-0.25, -0.2) is 0 Å². The SMILES string of the molecule is C=C1C(CCC(=O)O)CC2CC1C2(C)C. The Balaban J connectivity index is 1.97. The largest absolute Gasteiger partial charge is 0.481 e. The fourth-order valence-corrected chi connectivity index (χ4v) is 3.43. The van der Waals surface area contributed by atoms with E-state index in [1.54, 1.807) is 0 Å². The number of aliphatic carboxylic acids is 1. The molecule has 0 saturated heterocycles. The van der Waals surface area contributed by atoms with Gasteiger partial charge in [0.25, 0.3) is 0 Å². The minimum atomic E-state index is -0.679. The number of hydrogen-bond donors (Lipinski definition) is 1. The van der Waals surface area contributed by atoms with Crippen LogP contribution in [0.5, 0.6) is 0 Å². The lowest BCUT2D eigenvalue weighted by atomic mass is 9.45. The van der Waals surface area contributed by atoms with Gasteiger partial charge in [0.1, 0.15) is 0 Å². The smallest absolute Gasteiger partial charge is 0.303 e. The zero-order chi connectivity index (χ0) is 11.2. The standard InChI is InChI=1S/C13H20O2/c1-8-9(4-5-12(14)15)6-10-7-11(8)13(10,2)3/h9-11H,1,4-7H2,2-3H3,(H,14,15). The Labute approximate surface area is 91.4 Å². The molecule has 2 nitrogen and oxygen atoms in total. The Morgan fingerprint density at radius 3 is 2.67 bits per heavy atom. The van der Waals surface area contributed by atoms with Crippen molar-refractivity contribution in [3.63, 3.8) is 0 Å². The number of allylic oxidation sites excluding steroid dienone is 1. The minimum absolute atomic E-state index is 0.295. The molecule has 84 valence electrons. The highest BCUT2D eigenvalue weighted by molar-refractivity contribution is 5.66. The van der Waals surface area contributed by atoms with Crippen LogP contribution in [0.2, 0.25) is 0 Å². The van der Waals surface area contributed by atoms with Crippen LogP contribution >= 0.6 is 0 Å². The maximum atomic E-state index is 10.5. The molecule has 0 heterocycles. The molecule has 0 aromatic carbocycles. The van der Waals surface area contributed by atoms with E-state index in [0.29, 0.717) is 23.7 Å². The van der Waals surface area contributed by atoms with E-state index in [1.165, 1.54) is 12.0 Å². The molecule has 0 aromatic heterocycles. The molecule has 0 aromatic rings. The van der Waals surface area contributed by atoms with Gasteiger partial charge in [-0.2, -0.15) is 0 Å². The molecule has 0 aliphatic heterocycles. The van der Waals surface area contributed by atoms with Crippen molar-refractivity contribution in [2.75, 3.05) is 0 Å². The minimum Gasteiger partial charge on any atom is -0.481 e. The van der Waals surface area contributed by atoms with Crippen LogP contribution in [0, 0.1) is 23.2 Å². The number of carboxylic acids is 1. The first-order valence-electron chi connectivity index (χ1n) is 5.83. The molecule has 2 bridgehead atoms. The van der Waals surface area contributed by atoms with Gasteiger partial charge in [-0.1, -0.05) is 26.0 Å². The van der Waals surface area contributed by atoms with E-state index >= 15 is 0 Å². The fourth-order valence-electron chi connectivity index (χ4n) is 3.43. The van der Waals surface area contributed by atoms with Crippen molar-refractivity contribution < 1.29 is 9.90 Å². The van der Waals surface area contributed by atoms with Crippen molar-refractivity contribution in [1.82, 2.24) is 0 Å². The van der Waals surface area contributed by atoms with Crippen LogP contribution in [0.15, 0.2) is 12.2 Å². The van der Waals surface area contributed by atoms with Crippen LogP contribution in [0.4, 0.5) is 0 Å².